The van der Waals surface area contributed by atoms with Crippen molar-refractivity contribution in [1.82, 2.24) is 0 Å². The lowest BCUT2D eigenvalue weighted by atomic mass is 10.1. The molecule has 1 aromatic carbocycles. The average molecular weight is 376 g/mol. The molecule has 27 heavy (non-hydrogen) atoms. The second-order valence-electron chi connectivity index (χ2n) is 6.03. The van der Waals surface area contributed by atoms with Crippen LogP contribution in [0.1, 0.15) is 6.92 Å². The van der Waals surface area contributed by atoms with Gasteiger partial charge in [0, 0.05) is 12.7 Å². The number of hydrogen-bond acceptors (Lipinski definition) is 8. The molecule has 0 spiro atoms. The minimum atomic E-state index is -0.689. The number of anilines is 2. The Morgan fingerprint density at radius 2 is 1.89 bits per heavy atom. The number of nitrogens with zero attached hydrogens (tertiary/aromatic N) is 2. The number of carbonyl (C=O) groups excluding carboxylic acids is 3. The molecule has 0 bridgehead atoms. The molecule has 0 aromatic heterocycles. The van der Waals surface area contributed by atoms with Gasteiger partial charge in [0.05, 0.1) is 32.1 Å². The Morgan fingerprint density at radius 3 is 2.56 bits per heavy atom. The topological polar surface area (TPSA) is 94.6 Å². The minimum absolute atomic E-state index is 0.0264. The molecule has 3 rings (SSSR count). The van der Waals surface area contributed by atoms with Gasteiger partial charge < -0.3 is 28.7 Å². The third-order valence-electron chi connectivity index (χ3n) is 4.43. The van der Waals surface area contributed by atoms with E-state index in [0.717, 1.165) is 0 Å². The number of hydrogen-bond donors (Lipinski definition) is 0. The van der Waals surface area contributed by atoms with Crippen LogP contribution in [0.5, 0.6) is 5.75 Å². The zero-order valence-electron chi connectivity index (χ0n) is 15.5. The zero-order valence-corrected chi connectivity index (χ0v) is 15.5. The van der Waals surface area contributed by atoms with Crippen molar-refractivity contribution in [2.24, 2.45) is 0 Å². The molecule has 1 unspecified atom stereocenters. The first kappa shape index (κ1) is 18.7. The van der Waals surface area contributed by atoms with Crippen LogP contribution in [-0.4, -0.2) is 58.6 Å². The van der Waals surface area contributed by atoms with Crippen molar-refractivity contribution in [3.63, 3.8) is 0 Å². The zero-order chi connectivity index (χ0) is 19.7. The summed E-state index contributed by atoms with van der Waals surface area (Å²) in [5.41, 5.74) is 1.18. The summed E-state index contributed by atoms with van der Waals surface area (Å²) in [7, 11) is 4.10. The lowest BCUT2D eigenvalue weighted by Crippen LogP contribution is -2.42. The van der Waals surface area contributed by atoms with Crippen molar-refractivity contribution in [2.45, 2.75) is 13.0 Å². The van der Waals surface area contributed by atoms with E-state index in [9.17, 15) is 14.4 Å². The van der Waals surface area contributed by atoms with E-state index < -0.39 is 18.0 Å². The summed E-state index contributed by atoms with van der Waals surface area (Å²) in [4.78, 5) is 39.6. The number of esters is 2. The van der Waals surface area contributed by atoms with Crippen molar-refractivity contribution in [1.29, 1.82) is 0 Å². The van der Waals surface area contributed by atoms with Crippen molar-refractivity contribution >= 4 is 29.2 Å². The van der Waals surface area contributed by atoms with Crippen molar-refractivity contribution < 1.29 is 33.3 Å². The monoisotopic (exact) mass is 376 g/mol. The molecule has 0 fully saturated rings. The molecule has 144 valence electrons. The summed E-state index contributed by atoms with van der Waals surface area (Å²) in [6.45, 7) is 1.63. The molecule has 0 saturated heterocycles. The maximum atomic E-state index is 12.4. The second kappa shape index (κ2) is 7.28. The highest BCUT2D eigenvalue weighted by Crippen LogP contribution is 2.38. The molecule has 1 aromatic rings. The number of rotatable bonds is 3. The Balaban J connectivity index is 2.08. The number of ether oxygens (including phenoxy) is 4. The molecule has 9 heteroatoms. The number of carbonyl (C=O) groups is 3. The number of fused-ring (bicyclic) bond motifs is 1. The van der Waals surface area contributed by atoms with E-state index in [2.05, 4.69) is 0 Å². The summed E-state index contributed by atoms with van der Waals surface area (Å²) in [6.07, 6.45) is -0.580. The molecule has 0 radical (unpaired) electrons. The summed E-state index contributed by atoms with van der Waals surface area (Å²) in [6, 6.07) is 5.10. The Hall–Kier alpha value is -3.07. The molecule has 0 N–H and O–H groups in total. The van der Waals surface area contributed by atoms with Crippen LogP contribution < -0.4 is 14.5 Å². The predicted molar refractivity (Wildman–Crippen MR) is 94.3 cm³/mol. The first-order valence-corrected chi connectivity index (χ1v) is 8.22. The molecule has 1 amide bonds. The maximum absolute atomic E-state index is 12.4. The number of amides is 1. The fourth-order valence-electron chi connectivity index (χ4n) is 3.02. The quantitative estimate of drug-likeness (QED) is 0.716. The molecule has 9 nitrogen and oxygen atoms in total. The van der Waals surface area contributed by atoms with E-state index in [1.54, 1.807) is 32.2 Å². The van der Waals surface area contributed by atoms with Crippen molar-refractivity contribution in [2.75, 3.05) is 44.4 Å². The fourth-order valence-corrected chi connectivity index (χ4v) is 3.02. The van der Waals surface area contributed by atoms with Gasteiger partial charge in [0.1, 0.15) is 18.2 Å². The van der Waals surface area contributed by atoms with Crippen LogP contribution in [0.15, 0.2) is 29.5 Å². The first-order chi connectivity index (χ1) is 12.9. The van der Waals surface area contributed by atoms with Crippen LogP contribution >= 0.6 is 0 Å². The first-order valence-electron chi connectivity index (χ1n) is 8.22. The Bertz CT molecular complexity index is 833. The third kappa shape index (κ3) is 3.21. The van der Waals surface area contributed by atoms with Gasteiger partial charge in [-0.05, 0) is 25.1 Å². The molecule has 2 aliphatic heterocycles. The van der Waals surface area contributed by atoms with Crippen LogP contribution in [0.4, 0.5) is 11.4 Å². The normalized spacial score (nSPS) is 19.4. The van der Waals surface area contributed by atoms with Gasteiger partial charge >= 0.3 is 11.9 Å². The van der Waals surface area contributed by atoms with Crippen LogP contribution in [0.3, 0.4) is 0 Å². The van der Waals surface area contributed by atoms with Gasteiger partial charge in [-0.1, -0.05) is 0 Å². The standard InChI is InChI=1S/C18H20N2O7/c1-10-16(21)19(2)13-7-11(5-6-14(13)27-10)20-9-26-8-12(17(22)24-3)15(20)18(23)25-4/h5-7,10H,8-9H2,1-4H3. The van der Waals surface area contributed by atoms with E-state index in [-0.39, 0.29) is 30.5 Å². The minimum Gasteiger partial charge on any atom is -0.479 e. The van der Waals surface area contributed by atoms with Crippen LogP contribution in [0.25, 0.3) is 0 Å². The SMILES string of the molecule is COC(=O)C1=C(C(=O)OC)N(c2ccc3c(c2)N(C)C(=O)C(C)O3)COC1. The van der Waals surface area contributed by atoms with Gasteiger partial charge in [-0.2, -0.15) is 0 Å². The third-order valence-corrected chi connectivity index (χ3v) is 4.43. The molecule has 1 atom stereocenters. The average Bonchev–Trinajstić information content (AvgIpc) is 2.70. The van der Waals surface area contributed by atoms with Gasteiger partial charge in [0.15, 0.2) is 6.10 Å². The van der Waals surface area contributed by atoms with Gasteiger partial charge in [0.2, 0.25) is 0 Å². The smallest absolute Gasteiger partial charge is 0.355 e. The van der Waals surface area contributed by atoms with Gasteiger partial charge in [-0.25, -0.2) is 9.59 Å². The molecule has 2 aliphatic rings. The fraction of sp³-hybridized carbons (Fsp3) is 0.389. The van der Waals surface area contributed by atoms with Crippen LogP contribution in [-0.2, 0) is 28.6 Å². The van der Waals surface area contributed by atoms with Gasteiger partial charge in [-0.3, -0.25) is 4.79 Å². The number of benzene rings is 1. The lowest BCUT2D eigenvalue weighted by molar-refractivity contribution is -0.140. The predicted octanol–water partition coefficient (Wildman–Crippen LogP) is 0.824. The van der Waals surface area contributed by atoms with E-state index in [4.69, 9.17) is 18.9 Å². The molecule has 0 saturated carbocycles. The molecular formula is C18H20N2O7. The summed E-state index contributed by atoms with van der Waals surface area (Å²) >= 11 is 0. The van der Waals surface area contributed by atoms with Crippen LogP contribution in [0, 0.1) is 0 Å². The maximum Gasteiger partial charge on any atom is 0.355 e. The molecule has 0 aliphatic carbocycles. The summed E-state index contributed by atoms with van der Waals surface area (Å²) < 4.78 is 20.7. The highest BCUT2D eigenvalue weighted by molar-refractivity contribution is 6.04. The van der Waals surface area contributed by atoms with E-state index in [1.165, 1.54) is 24.0 Å². The summed E-state index contributed by atoms with van der Waals surface area (Å²) in [5.74, 6) is -1.01. The highest BCUT2D eigenvalue weighted by atomic mass is 16.5. The van der Waals surface area contributed by atoms with Gasteiger partial charge in [0.25, 0.3) is 5.91 Å². The lowest BCUT2D eigenvalue weighted by Gasteiger charge is -2.34. The van der Waals surface area contributed by atoms with Gasteiger partial charge in [-0.15, -0.1) is 0 Å². The Morgan fingerprint density at radius 1 is 1.19 bits per heavy atom. The molecule has 2 heterocycles. The number of methoxy groups -OCH3 is 2. The second-order valence-corrected chi connectivity index (χ2v) is 6.03. The Labute approximate surface area is 156 Å². The van der Waals surface area contributed by atoms with E-state index in [0.29, 0.717) is 17.1 Å². The van der Waals surface area contributed by atoms with Crippen LogP contribution in [0.2, 0.25) is 0 Å². The van der Waals surface area contributed by atoms with E-state index in [1.807, 2.05) is 0 Å². The molecular weight excluding hydrogens is 356 g/mol. The van der Waals surface area contributed by atoms with Crippen molar-refractivity contribution in [3.05, 3.63) is 29.5 Å². The highest BCUT2D eigenvalue weighted by Gasteiger charge is 2.34. The summed E-state index contributed by atoms with van der Waals surface area (Å²) in [5, 5.41) is 0. The largest absolute Gasteiger partial charge is 0.479 e. The van der Waals surface area contributed by atoms with E-state index >= 15 is 0 Å². The number of likely N-dealkylation sites (N-methyl/N-ethyl adjacent to an activating group) is 1. The van der Waals surface area contributed by atoms with Crippen molar-refractivity contribution in [3.8, 4) is 5.75 Å². The Kier molecular flexibility index (Phi) is 5.04.